The van der Waals surface area contributed by atoms with E-state index in [1.807, 2.05) is 43.3 Å². The summed E-state index contributed by atoms with van der Waals surface area (Å²) in [4.78, 5) is 13.6. The summed E-state index contributed by atoms with van der Waals surface area (Å²) >= 11 is 0. The standard InChI is InChI=1S/C27H25FN2O3/c1-18-26(23-8-3-4-9-25(23)31)24(15-12-19-6-5-7-21(28)16-19)27(32)30(29-18)17-20-10-13-22(33-2)14-11-20/h3-11,13-14,16,31H,12,15,17H2,1-2H3. The van der Waals surface area contributed by atoms with E-state index in [1.165, 1.54) is 16.8 Å². The molecule has 0 unspecified atom stereocenters. The van der Waals surface area contributed by atoms with Crippen molar-refractivity contribution in [2.45, 2.75) is 26.3 Å². The van der Waals surface area contributed by atoms with E-state index < -0.39 is 0 Å². The number of halogens is 1. The Morgan fingerprint density at radius 2 is 1.73 bits per heavy atom. The van der Waals surface area contributed by atoms with Crippen molar-refractivity contribution in [1.29, 1.82) is 0 Å². The first-order chi connectivity index (χ1) is 16.0. The molecule has 0 radical (unpaired) electrons. The van der Waals surface area contributed by atoms with E-state index >= 15 is 0 Å². The van der Waals surface area contributed by atoms with E-state index in [9.17, 15) is 14.3 Å². The van der Waals surface area contributed by atoms with Gasteiger partial charge in [-0.25, -0.2) is 9.07 Å². The molecule has 0 aliphatic heterocycles. The minimum atomic E-state index is -0.309. The number of para-hydroxylation sites is 1. The molecule has 0 atom stereocenters. The van der Waals surface area contributed by atoms with Gasteiger partial charge < -0.3 is 9.84 Å². The van der Waals surface area contributed by atoms with Gasteiger partial charge in [0.1, 0.15) is 17.3 Å². The molecular weight excluding hydrogens is 419 g/mol. The van der Waals surface area contributed by atoms with Crippen molar-refractivity contribution < 1.29 is 14.2 Å². The molecule has 168 valence electrons. The van der Waals surface area contributed by atoms with E-state index in [4.69, 9.17) is 4.74 Å². The van der Waals surface area contributed by atoms with Gasteiger partial charge in [-0.1, -0.05) is 42.5 Å². The number of aromatic hydroxyl groups is 1. The zero-order valence-corrected chi connectivity index (χ0v) is 18.6. The molecule has 0 fully saturated rings. The van der Waals surface area contributed by atoms with E-state index in [1.54, 1.807) is 31.4 Å². The van der Waals surface area contributed by atoms with Gasteiger partial charge in [0, 0.05) is 16.7 Å². The molecule has 0 saturated heterocycles. The first-order valence-corrected chi connectivity index (χ1v) is 10.7. The molecule has 1 N–H and O–H groups in total. The van der Waals surface area contributed by atoms with Gasteiger partial charge in [-0.15, -0.1) is 0 Å². The van der Waals surface area contributed by atoms with Crippen molar-refractivity contribution >= 4 is 0 Å². The highest BCUT2D eigenvalue weighted by Crippen LogP contribution is 2.32. The zero-order valence-electron chi connectivity index (χ0n) is 18.6. The van der Waals surface area contributed by atoms with E-state index in [-0.39, 0.29) is 17.1 Å². The first-order valence-electron chi connectivity index (χ1n) is 10.7. The van der Waals surface area contributed by atoms with Crippen LogP contribution >= 0.6 is 0 Å². The SMILES string of the molecule is COc1ccc(Cn2nc(C)c(-c3ccccc3O)c(CCc3cccc(F)c3)c2=O)cc1. The van der Waals surface area contributed by atoms with Crippen LogP contribution in [0.2, 0.25) is 0 Å². The molecule has 4 aromatic rings. The number of aryl methyl sites for hydroxylation is 2. The minimum absolute atomic E-state index is 0.0849. The quantitative estimate of drug-likeness (QED) is 0.440. The molecule has 6 heteroatoms. The van der Waals surface area contributed by atoms with Crippen molar-refractivity contribution in [3.05, 3.63) is 111 Å². The maximum Gasteiger partial charge on any atom is 0.270 e. The molecule has 0 aliphatic rings. The number of phenols is 1. The summed E-state index contributed by atoms with van der Waals surface area (Å²) in [7, 11) is 1.60. The van der Waals surface area contributed by atoms with Gasteiger partial charge in [0.25, 0.3) is 5.56 Å². The van der Waals surface area contributed by atoms with Gasteiger partial charge >= 0.3 is 0 Å². The molecule has 33 heavy (non-hydrogen) atoms. The molecule has 0 spiro atoms. The summed E-state index contributed by atoms with van der Waals surface area (Å²) in [6, 6.07) is 20.8. The van der Waals surface area contributed by atoms with Crippen LogP contribution in [0.3, 0.4) is 0 Å². The molecule has 3 aromatic carbocycles. The van der Waals surface area contributed by atoms with Gasteiger partial charge in [0.05, 0.1) is 19.3 Å². The van der Waals surface area contributed by atoms with Gasteiger partial charge in [-0.2, -0.15) is 5.10 Å². The van der Waals surface area contributed by atoms with Crippen LogP contribution in [0.5, 0.6) is 11.5 Å². The second-order valence-corrected chi connectivity index (χ2v) is 7.90. The summed E-state index contributed by atoms with van der Waals surface area (Å²) in [6.45, 7) is 2.13. The number of hydrogen-bond acceptors (Lipinski definition) is 4. The van der Waals surface area contributed by atoms with Gasteiger partial charge in [0.2, 0.25) is 0 Å². The van der Waals surface area contributed by atoms with Crippen molar-refractivity contribution in [2.75, 3.05) is 7.11 Å². The minimum Gasteiger partial charge on any atom is -0.507 e. The lowest BCUT2D eigenvalue weighted by molar-refractivity contribution is 0.414. The Morgan fingerprint density at radius 3 is 2.42 bits per heavy atom. The fourth-order valence-electron chi connectivity index (χ4n) is 4.00. The molecule has 1 heterocycles. The number of methoxy groups -OCH3 is 1. The summed E-state index contributed by atoms with van der Waals surface area (Å²) < 4.78 is 20.3. The van der Waals surface area contributed by atoms with Gasteiger partial charge in [-0.3, -0.25) is 4.79 Å². The van der Waals surface area contributed by atoms with Gasteiger partial charge in [-0.05, 0) is 61.2 Å². The van der Waals surface area contributed by atoms with Crippen LogP contribution in [0.1, 0.15) is 22.4 Å². The molecule has 5 nitrogen and oxygen atoms in total. The van der Waals surface area contributed by atoms with E-state index in [2.05, 4.69) is 5.10 Å². The maximum atomic E-state index is 13.7. The maximum absolute atomic E-state index is 13.7. The Hall–Kier alpha value is -3.93. The first kappa shape index (κ1) is 22.3. The number of ether oxygens (including phenoxy) is 1. The molecular formula is C27H25FN2O3. The highest BCUT2D eigenvalue weighted by Gasteiger charge is 2.19. The monoisotopic (exact) mass is 444 g/mol. The van der Waals surface area contributed by atoms with E-state index in [0.717, 1.165) is 16.9 Å². The average molecular weight is 445 g/mol. The summed E-state index contributed by atoms with van der Waals surface area (Å²) in [5.41, 5.74) is 3.85. The van der Waals surface area contributed by atoms with Crippen LogP contribution in [0.4, 0.5) is 4.39 Å². The number of rotatable bonds is 7. The number of aromatic nitrogens is 2. The summed E-state index contributed by atoms with van der Waals surface area (Å²) in [5, 5.41) is 15.0. The van der Waals surface area contributed by atoms with Crippen molar-refractivity contribution in [3.63, 3.8) is 0 Å². The second-order valence-electron chi connectivity index (χ2n) is 7.90. The Kier molecular flexibility index (Phi) is 6.54. The predicted molar refractivity (Wildman–Crippen MR) is 126 cm³/mol. The Labute approximate surface area is 191 Å². The summed E-state index contributed by atoms with van der Waals surface area (Å²) in [5.74, 6) is 0.513. The topological polar surface area (TPSA) is 64.3 Å². The number of benzene rings is 3. The highest BCUT2D eigenvalue weighted by atomic mass is 19.1. The third-order valence-electron chi connectivity index (χ3n) is 5.64. The molecule has 0 aliphatic carbocycles. The normalized spacial score (nSPS) is 10.9. The van der Waals surface area contributed by atoms with Crippen molar-refractivity contribution in [2.24, 2.45) is 0 Å². The molecule has 0 bridgehead atoms. The van der Waals surface area contributed by atoms with Crippen LogP contribution in [0.25, 0.3) is 11.1 Å². The predicted octanol–water partition coefficient (Wildman–Crippen LogP) is 4.91. The number of nitrogens with zero attached hydrogens (tertiary/aromatic N) is 2. The highest BCUT2D eigenvalue weighted by molar-refractivity contribution is 5.74. The lowest BCUT2D eigenvalue weighted by Gasteiger charge is -2.16. The van der Waals surface area contributed by atoms with E-state index in [0.29, 0.717) is 41.8 Å². The van der Waals surface area contributed by atoms with Crippen LogP contribution in [-0.2, 0) is 19.4 Å². The lowest BCUT2D eigenvalue weighted by Crippen LogP contribution is -2.29. The van der Waals surface area contributed by atoms with Crippen LogP contribution in [0.15, 0.2) is 77.6 Å². The van der Waals surface area contributed by atoms with Crippen molar-refractivity contribution in [3.8, 4) is 22.6 Å². The largest absolute Gasteiger partial charge is 0.507 e. The van der Waals surface area contributed by atoms with Crippen LogP contribution < -0.4 is 10.3 Å². The molecule has 4 rings (SSSR count). The van der Waals surface area contributed by atoms with Crippen LogP contribution in [0, 0.1) is 12.7 Å². The molecule has 0 amide bonds. The lowest BCUT2D eigenvalue weighted by atomic mass is 9.94. The van der Waals surface area contributed by atoms with Crippen molar-refractivity contribution in [1.82, 2.24) is 9.78 Å². The number of hydrogen-bond donors (Lipinski definition) is 1. The fraction of sp³-hybridized carbons (Fsp3) is 0.185. The Bertz CT molecular complexity index is 1330. The zero-order chi connectivity index (χ0) is 23.4. The Balaban J connectivity index is 1.78. The van der Waals surface area contributed by atoms with Gasteiger partial charge in [0.15, 0.2) is 0 Å². The molecule has 0 saturated carbocycles. The summed E-state index contributed by atoms with van der Waals surface area (Å²) in [6.07, 6.45) is 0.873. The number of phenolic OH excluding ortho intramolecular Hbond substituents is 1. The Morgan fingerprint density at radius 1 is 0.970 bits per heavy atom. The van der Waals surface area contributed by atoms with Crippen LogP contribution in [-0.4, -0.2) is 22.0 Å². The fourth-order valence-corrected chi connectivity index (χ4v) is 4.00. The third kappa shape index (κ3) is 4.95. The molecule has 1 aromatic heterocycles. The second kappa shape index (κ2) is 9.69. The average Bonchev–Trinajstić information content (AvgIpc) is 2.81. The smallest absolute Gasteiger partial charge is 0.270 e. The third-order valence-corrected chi connectivity index (χ3v) is 5.64.